The summed E-state index contributed by atoms with van der Waals surface area (Å²) < 4.78 is 5.40. The fourth-order valence-corrected chi connectivity index (χ4v) is 4.40. The molecule has 0 spiro atoms. The van der Waals surface area contributed by atoms with Crippen LogP contribution in [-0.2, 0) is 21.5 Å². The van der Waals surface area contributed by atoms with Crippen molar-refractivity contribution in [2.24, 2.45) is 0 Å². The second-order valence-corrected chi connectivity index (χ2v) is 12.2. The van der Waals surface area contributed by atoms with Crippen molar-refractivity contribution in [2.45, 2.75) is 103 Å². The van der Waals surface area contributed by atoms with E-state index in [9.17, 15) is 9.59 Å². The number of unbranched alkanes of at least 4 members (excludes halogenated alkanes) is 1. The highest BCUT2D eigenvalue weighted by Crippen LogP contribution is 2.40. The maximum Gasteiger partial charge on any atom is 0.408 e. The molecule has 1 aliphatic carbocycles. The summed E-state index contributed by atoms with van der Waals surface area (Å²) in [5, 5.41) is 9.41. The summed E-state index contributed by atoms with van der Waals surface area (Å²) in [7, 11) is 0. The quantitative estimate of drug-likeness (QED) is 0.335. The van der Waals surface area contributed by atoms with E-state index in [1.807, 2.05) is 32.9 Å². The molecule has 3 rings (SSSR count). The van der Waals surface area contributed by atoms with E-state index in [-0.39, 0.29) is 11.3 Å². The van der Waals surface area contributed by atoms with Gasteiger partial charge in [-0.2, -0.15) is 0 Å². The topological polar surface area (TPSA) is 79.5 Å². The molecule has 2 aromatic rings. The van der Waals surface area contributed by atoms with E-state index in [0.717, 1.165) is 24.9 Å². The molecule has 0 heterocycles. The first kappa shape index (κ1) is 28.7. The molecule has 0 saturated heterocycles. The smallest absolute Gasteiger partial charge is 0.408 e. The molecule has 3 atom stereocenters. The first-order chi connectivity index (χ1) is 17.4. The van der Waals surface area contributed by atoms with Gasteiger partial charge >= 0.3 is 6.09 Å². The lowest BCUT2D eigenvalue weighted by molar-refractivity contribution is -0.123. The third kappa shape index (κ3) is 9.84. The van der Waals surface area contributed by atoms with E-state index in [4.69, 9.17) is 4.74 Å². The number of ether oxygens (including phenoxy) is 1. The maximum absolute atomic E-state index is 13.0. The molecule has 0 radical (unpaired) electrons. The zero-order valence-electron chi connectivity index (χ0n) is 23.4. The largest absolute Gasteiger partial charge is 0.444 e. The van der Waals surface area contributed by atoms with Gasteiger partial charge in [0.05, 0.1) is 0 Å². The molecule has 2 aromatic carbocycles. The molecule has 0 bridgehead atoms. The summed E-state index contributed by atoms with van der Waals surface area (Å²) in [5.74, 6) is 0.413. The fourth-order valence-electron chi connectivity index (χ4n) is 4.40. The van der Waals surface area contributed by atoms with Gasteiger partial charge in [0, 0.05) is 18.5 Å². The van der Waals surface area contributed by atoms with Gasteiger partial charge in [-0.1, -0.05) is 75.4 Å². The van der Waals surface area contributed by atoms with Crippen LogP contribution in [0.2, 0.25) is 0 Å². The van der Waals surface area contributed by atoms with Crippen molar-refractivity contribution in [1.29, 1.82) is 0 Å². The van der Waals surface area contributed by atoms with Crippen LogP contribution < -0.4 is 16.0 Å². The second kappa shape index (κ2) is 12.6. The van der Waals surface area contributed by atoms with Crippen LogP contribution in [0.25, 0.3) is 0 Å². The fraction of sp³-hybridized carbons (Fsp3) is 0.548. The summed E-state index contributed by atoms with van der Waals surface area (Å²) in [5.41, 5.74) is 3.14. The molecule has 6 heteroatoms. The van der Waals surface area contributed by atoms with Crippen molar-refractivity contribution in [3.63, 3.8) is 0 Å². The highest BCUT2D eigenvalue weighted by molar-refractivity contribution is 5.85. The molecule has 0 aromatic heterocycles. The number of carbonyl (C=O) groups is 2. The zero-order chi connectivity index (χ0) is 27.1. The van der Waals surface area contributed by atoms with Gasteiger partial charge in [-0.25, -0.2) is 4.79 Å². The number of rotatable bonds is 11. The molecule has 1 aliphatic rings. The number of alkyl carbamates (subject to hydrolysis) is 1. The lowest BCUT2D eigenvalue weighted by atomic mass is 9.87. The van der Waals surface area contributed by atoms with Gasteiger partial charge in [-0.05, 0) is 75.1 Å². The van der Waals surface area contributed by atoms with Crippen LogP contribution in [0.15, 0.2) is 54.6 Å². The average Bonchev–Trinajstić information content (AvgIpc) is 3.60. The lowest BCUT2D eigenvalue weighted by Gasteiger charge is -2.23. The Hall–Kier alpha value is -2.86. The number of hydrogen-bond acceptors (Lipinski definition) is 4. The minimum absolute atomic E-state index is 0.0844. The Kier molecular flexibility index (Phi) is 9.77. The summed E-state index contributed by atoms with van der Waals surface area (Å²) in [6.07, 6.45) is 2.92. The van der Waals surface area contributed by atoms with Crippen molar-refractivity contribution >= 4 is 12.0 Å². The SMILES string of the molecule is CC(C)(C)OC(=O)NC(CCCCN[C@@H]1C[C@H]1c1ccccc1)C(=O)NCc1ccc(C(C)(C)C)cc1. The van der Waals surface area contributed by atoms with Crippen LogP contribution in [-0.4, -0.2) is 36.2 Å². The number of hydrogen-bond donors (Lipinski definition) is 3. The third-order valence-electron chi connectivity index (χ3n) is 6.64. The Morgan fingerprint density at radius 2 is 1.62 bits per heavy atom. The highest BCUT2D eigenvalue weighted by Gasteiger charge is 2.37. The number of carbonyl (C=O) groups excluding carboxylic acids is 2. The van der Waals surface area contributed by atoms with Crippen LogP contribution in [0.4, 0.5) is 4.79 Å². The van der Waals surface area contributed by atoms with Crippen molar-refractivity contribution in [2.75, 3.05) is 6.54 Å². The predicted molar refractivity (Wildman–Crippen MR) is 150 cm³/mol. The van der Waals surface area contributed by atoms with Gasteiger partial charge in [0.2, 0.25) is 5.91 Å². The van der Waals surface area contributed by atoms with Crippen LogP contribution in [0, 0.1) is 0 Å². The molecule has 3 N–H and O–H groups in total. The van der Waals surface area contributed by atoms with Crippen LogP contribution >= 0.6 is 0 Å². The summed E-state index contributed by atoms with van der Waals surface area (Å²) in [4.78, 5) is 25.4. The lowest BCUT2D eigenvalue weighted by Crippen LogP contribution is -2.48. The Labute approximate surface area is 223 Å². The summed E-state index contributed by atoms with van der Waals surface area (Å²) in [6.45, 7) is 13.3. The minimum Gasteiger partial charge on any atom is -0.444 e. The van der Waals surface area contributed by atoms with Gasteiger partial charge < -0.3 is 20.7 Å². The molecular formula is C31H45N3O3. The van der Waals surface area contributed by atoms with E-state index in [1.54, 1.807) is 0 Å². The number of benzene rings is 2. The van der Waals surface area contributed by atoms with Crippen LogP contribution in [0.5, 0.6) is 0 Å². The highest BCUT2D eigenvalue weighted by atomic mass is 16.6. The molecule has 37 heavy (non-hydrogen) atoms. The Morgan fingerprint density at radius 1 is 0.946 bits per heavy atom. The number of nitrogens with one attached hydrogen (secondary N) is 3. The van der Waals surface area contributed by atoms with Crippen LogP contribution in [0.1, 0.15) is 89.8 Å². The predicted octanol–water partition coefficient (Wildman–Crippen LogP) is 5.81. The zero-order valence-corrected chi connectivity index (χ0v) is 23.4. The molecule has 1 saturated carbocycles. The van der Waals surface area contributed by atoms with E-state index >= 15 is 0 Å². The van der Waals surface area contributed by atoms with Crippen molar-refractivity contribution in [1.82, 2.24) is 16.0 Å². The van der Waals surface area contributed by atoms with E-state index in [1.165, 1.54) is 17.5 Å². The molecule has 1 unspecified atom stereocenters. The van der Waals surface area contributed by atoms with Crippen molar-refractivity contribution < 1.29 is 14.3 Å². The Morgan fingerprint density at radius 3 is 2.24 bits per heavy atom. The maximum atomic E-state index is 13.0. The van der Waals surface area contributed by atoms with Crippen molar-refractivity contribution in [3.05, 3.63) is 71.3 Å². The molecule has 6 nitrogen and oxygen atoms in total. The van der Waals surface area contributed by atoms with E-state index in [2.05, 4.69) is 79.2 Å². The third-order valence-corrected chi connectivity index (χ3v) is 6.64. The van der Waals surface area contributed by atoms with Crippen molar-refractivity contribution in [3.8, 4) is 0 Å². The molecule has 1 fully saturated rings. The first-order valence-electron chi connectivity index (χ1n) is 13.6. The molecule has 0 aliphatic heterocycles. The normalized spacial score (nSPS) is 18.1. The molecular weight excluding hydrogens is 462 g/mol. The van der Waals surface area contributed by atoms with E-state index in [0.29, 0.717) is 24.9 Å². The minimum atomic E-state index is -0.637. The monoisotopic (exact) mass is 507 g/mol. The van der Waals surface area contributed by atoms with Gasteiger partial charge in [-0.3, -0.25) is 4.79 Å². The number of amides is 2. The summed E-state index contributed by atoms with van der Waals surface area (Å²) >= 11 is 0. The Balaban J connectivity index is 1.46. The van der Waals surface area contributed by atoms with Gasteiger partial charge in [-0.15, -0.1) is 0 Å². The summed E-state index contributed by atoms with van der Waals surface area (Å²) in [6, 6.07) is 18.8. The van der Waals surface area contributed by atoms with Gasteiger partial charge in [0.15, 0.2) is 0 Å². The first-order valence-corrected chi connectivity index (χ1v) is 13.6. The van der Waals surface area contributed by atoms with Gasteiger partial charge in [0.1, 0.15) is 11.6 Å². The Bertz CT molecular complexity index is 1010. The molecule has 2 amide bonds. The van der Waals surface area contributed by atoms with E-state index < -0.39 is 17.7 Å². The molecule has 202 valence electrons. The second-order valence-electron chi connectivity index (χ2n) is 12.2. The average molecular weight is 508 g/mol. The van der Waals surface area contributed by atoms with Gasteiger partial charge in [0.25, 0.3) is 0 Å². The standard InChI is InChI=1S/C31H45N3O3/c1-30(2,3)24-17-15-22(16-18-24)21-33-28(35)26(34-29(36)37-31(4,5)6)14-10-11-19-32-27-20-25(27)23-12-8-7-9-13-23/h7-9,12-13,15-18,25-27,32H,10-11,14,19-21H2,1-6H3,(H,33,35)(H,34,36)/t25-,26?,27+/m0/s1. The van der Waals surface area contributed by atoms with Crippen LogP contribution in [0.3, 0.4) is 0 Å².